The number of thiazole rings is 1. The molecule has 2 rings (SSSR count). The van der Waals surface area contributed by atoms with E-state index in [1.807, 2.05) is 6.92 Å². The van der Waals surface area contributed by atoms with Crippen molar-refractivity contribution in [1.82, 2.24) is 9.88 Å². The second kappa shape index (κ2) is 7.19. The molecule has 2 amide bonds. The van der Waals surface area contributed by atoms with Crippen molar-refractivity contribution in [1.29, 1.82) is 0 Å². The molecule has 0 spiro atoms. The zero-order chi connectivity index (χ0) is 17.0. The summed E-state index contributed by atoms with van der Waals surface area (Å²) in [6.45, 7) is 3.07. The largest absolute Gasteiger partial charge is 0.428 e. The second-order valence-electron chi connectivity index (χ2n) is 4.93. The van der Waals surface area contributed by atoms with E-state index in [0.717, 1.165) is 11.8 Å². The van der Waals surface area contributed by atoms with Crippen LogP contribution in [-0.4, -0.2) is 35.3 Å². The van der Waals surface area contributed by atoms with E-state index in [9.17, 15) is 14.0 Å². The van der Waals surface area contributed by atoms with E-state index in [2.05, 4.69) is 10.3 Å². The number of amides is 2. The van der Waals surface area contributed by atoms with E-state index in [1.165, 1.54) is 42.3 Å². The van der Waals surface area contributed by atoms with Crippen LogP contribution in [0.3, 0.4) is 0 Å². The molecule has 1 N–H and O–H groups in total. The SMILES string of the molecule is CC(=O)N(C)CC(=O)Nc1ccc(Oc2nc(C)cs2)c(F)c1. The molecular formula is C15H16FN3O3S. The highest BCUT2D eigenvalue weighted by molar-refractivity contribution is 7.11. The molecule has 1 heterocycles. The van der Waals surface area contributed by atoms with Gasteiger partial charge in [-0.2, -0.15) is 0 Å². The zero-order valence-electron chi connectivity index (χ0n) is 12.9. The minimum absolute atomic E-state index is 0.0261. The van der Waals surface area contributed by atoms with Crippen LogP contribution in [0.4, 0.5) is 10.1 Å². The number of hydrogen-bond acceptors (Lipinski definition) is 5. The van der Waals surface area contributed by atoms with Gasteiger partial charge in [0.15, 0.2) is 11.6 Å². The van der Waals surface area contributed by atoms with Gasteiger partial charge in [-0.25, -0.2) is 9.37 Å². The maximum atomic E-state index is 14.0. The van der Waals surface area contributed by atoms with Crippen LogP contribution in [0.1, 0.15) is 12.6 Å². The van der Waals surface area contributed by atoms with Crippen molar-refractivity contribution in [2.24, 2.45) is 0 Å². The summed E-state index contributed by atoms with van der Waals surface area (Å²) in [4.78, 5) is 28.2. The Morgan fingerprint density at radius 3 is 2.74 bits per heavy atom. The summed E-state index contributed by atoms with van der Waals surface area (Å²) in [5.74, 6) is -1.23. The fraction of sp³-hybridized carbons (Fsp3) is 0.267. The van der Waals surface area contributed by atoms with E-state index < -0.39 is 11.7 Å². The maximum absolute atomic E-state index is 14.0. The summed E-state index contributed by atoms with van der Waals surface area (Å²) >= 11 is 1.27. The van der Waals surface area contributed by atoms with Crippen LogP contribution >= 0.6 is 11.3 Å². The highest BCUT2D eigenvalue weighted by Gasteiger charge is 2.12. The summed E-state index contributed by atoms with van der Waals surface area (Å²) < 4.78 is 19.4. The van der Waals surface area contributed by atoms with Gasteiger partial charge in [0, 0.05) is 31.1 Å². The minimum atomic E-state index is -0.615. The number of likely N-dealkylation sites (N-methyl/N-ethyl adjacent to an activating group) is 1. The Morgan fingerprint density at radius 2 is 2.17 bits per heavy atom. The molecule has 8 heteroatoms. The quantitative estimate of drug-likeness (QED) is 0.911. The lowest BCUT2D eigenvalue weighted by Gasteiger charge is -2.14. The molecule has 0 saturated carbocycles. The van der Waals surface area contributed by atoms with Gasteiger partial charge in [0.1, 0.15) is 0 Å². The third-order valence-corrected chi connectivity index (χ3v) is 3.76. The molecule has 2 aromatic rings. The number of carbonyl (C=O) groups is 2. The number of carbonyl (C=O) groups excluding carboxylic acids is 2. The number of halogens is 1. The molecule has 1 aromatic carbocycles. The van der Waals surface area contributed by atoms with Gasteiger partial charge in [0.25, 0.3) is 5.19 Å². The Kier molecular flexibility index (Phi) is 5.28. The van der Waals surface area contributed by atoms with Crippen molar-refractivity contribution < 1.29 is 18.7 Å². The highest BCUT2D eigenvalue weighted by atomic mass is 32.1. The van der Waals surface area contributed by atoms with Crippen LogP contribution in [0.15, 0.2) is 23.6 Å². The Bertz CT molecular complexity index is 733. The first kappa shape index (κ1) is 16.9. The van der Waals surface area contributed by atoms with Gasteiger partial charge >= 0.3 is 0 Å². The van der Waals surface area contributed by atoms with Crippen LogP contribution < -0.4 is 10.1 Å². The molecule has 0 fully saturated rings. The number of aryl methyl sites for hydroxylation is 1. The van der Waals surface area contributed by atoms with Gasteiger partial charge in [-0.05, 0) is 19.1 Å². The van der Waals surface area contributed by atoms with Crippen molar-refractivity contribution in [3.05, 3.63) is 35.1 Å². The van der Waals surface area contributed by atoms with Gasteiger partial charge in [0.05, 0.1) is 12.2 Å². The van der Waals surface area contributed by atoms with Crippen molar-refractivity contribution in [3.63, 3.8) is 0 Å². The molecule has 6 nitrogen and oxygen atoms in total. The van der Waals surface area contributed by atoms with Gasteiger partial charge in [0.2, 0.25) is 11.8 Å². The van der Waals surface area contributed by atoms with Crippen molar-refractivity contribution in [3.8, 4) is 10.9 Å². The fourth-order valence-corrected chi connectivity index (χ4v) is 2.32. The molecular weight excluding hydrogens is 321 g/mol. The third kappa shape index (κ3) is 4.75. The number of rotatable bonds is 5. The van der Waals surface area contributed by atoms with Crippen LogP contribution in [0.2, 0.25) is 0 Å². The predicted molar refractivity (Wildman–Crippen MR) is 85.3 cm³/mol. The second-order valence-corrected chi connectivity index (χ2v) is 5.75. The van der Waals surface area contributed by atoms with Gasteiger partial charge in [-0.15, -0.1) is 0 Å². The Labute approximate surface area is 136 Å². The summed E-state index contributed by atoms with van der Waals surface area (Å²) in [6, 6.07) is 4.09. The third-order valence-electron chi connectivity index (χ3n) is 2.93. The van der Waals surface area contributed by atoms with Crippen LogP contribution in [0.25, 0.3) is 0 Å². The summed E-state index contributed by atoms with van der Waals surface area (Å²) in [5.41, 5.74) is 1.08. The lowest BCUT2D eigenvalue weighted by molar-refractivity contribution is -0.131. The molecule has 0 aliphatic carbocycles. The van der Waals surface area contributed by atoms with E-state index in [0.29, 0.717) is 5.19 Å². The molecule has 0 radical (unpaired) electrons. The van der Waals surface area contributed by atoms with Crippen molar-refractivity contribution in [2.45, 2.75) is 13.8 Å². The zero-order valence-corrected chi connectivity index (χ0v) is 13.7. The molecule has 122 valence electrons. The predicted octanol–water partition coefficient (Wildman–Crippen LogP) is 2.80. The first-order valence-corrected chi connectivity index (χ1v) is 7.64. The van der Waals surface area contributed by atoms with Crippen LogP contribution in [0.5, 0.6) is 10.9 Å². The van der Waals surface area contributed by atoms with E-state index in [-0.39, 0.29) is 23.9 Å². The van der Waals surface area contributed by atoms with Crippen molar-refractivity contribution >= 4 is 28.8 Å². The maximum Gasteiger partial charge on any atom is 0.278 e. The molecule has 0 unspecified atom stereocenters. The van der Waals surface area contributed by atoms with Crippen molar-refractivity contribution in [2.75, 3.05) is 18.9 Å². The fourth-order valence-electron chi connectivity index (χ4n) is 1.66. The molecule has 1 aromatic heterocycles. The Balaban J connectivity index is 2.01. The lowest BCUT2D eigenvalue weighted by atomic mass is 10.3. The molecule has 23 heavy (non-hydrogen) atoms. The normalized spacial score (nSPS) is 10.3. The smallest absolute Gasteiger partial charge is 0.278 e. The number of anilines is 1. The number of nitrogens with zero attached hydrogens (tertiary/aromatic N) is 2. The summed E-state index contributed by atoms with van der Waals surface area (Å²) in [7, 11) is 1.51. The average molecular weight is 337 g/mol. The molecule has 0 atom stereocenters. The molecule has 0 bridgehead atoms. The van der Waals surface area contributed by atoms with Gasteiger partial charge in [-0.1, -0.05) is 11.3 Å². The van der Waals surface area contributed by atoms with Crippen LogP contribution in [-0.2, 0) is 9.59 Å². The standard InChI is InChI=1S/C15H16FN3O3S/c1-9-8-23-15(17-9)22-13-5-4-11(6-12(13)16)18-14(21)7-19(3)10(2)20/h4-6,8H,7H2,1-3H3,(H,18,21). The Morgan fingerprint density at radius 1 is 1.43 bits per heavy atom. The monoisotopic (exact) mass is 337 g/mol. The first-order valence-electron chi connectivity index (χ1n) is 6.76. The number of nitrogens with one attached hydrogen (secondary N) is 1. The topological polar surface area (TPSA) is 71.5 Å². The molecule has 0 aliphatic heterocycles. The lowest BCUT2D eigenvalue weighted by Crippen LogP contribution is -2.33. The van der Waals surface area contributed by atoms with E-state index in [4.69, 9.17) is 4.74 Å². The van der Waals surface area contributed by atoms with E-state index >= 15 is 0 Å². The van der Waals surface area contributed by atoms with Gasteiger partial charge < -0.3 is 15.0 Å². The van der Waals surface area contributed by atoms with Crippen LogP contribution in [0, 0.1) is 12.7 Å². The number of aromatic nitrogens is 1. The summed E-state index contributed by atoms with van der Waals surface area (Å²) in [6.07, 6.45) is 0. The van der Waals surface area contributed by atoms with Gasteiger partial charge in [-0.3, -0.25) is 9.59 Å². The minimum Gasteiger partial charge on any atom is -0.428 e. The molecule has 0 aliphatic rings. The highest BCUT2D eigenvalue weighted by Crippen LogP contribution is 2.28. The number of ether oxygens (including phenoxy) is 1. The average Bonchev–Trinajstić information content (AvgIpc) is 2.87. The van der Waals surface area contributed by atoms with E-state index in [1.54, 1.807) is 5.38 Å². The number of benzene rings is 1. The first-order chi connectivity index (χ1) is 10.8. The number of hydrogen-bond donors (Lipinski definition) is 1. The Hall–Kier alpha value is -2.48. The molecule has 0 saturated heterocycles. The summed E-state index contributed by atoms with van der Waals surface area (Å²) in [5, 5.41) is 4.67.